The lowest BCUT2D eigenvalue weighted by Gasteiger charge is -2.37. The molecule has 2 N–H and O–H groups in total. The van der Waals surface area contributed by atoms with E-state index < -0.39 is 32.2 Å². The molecule has 0 spiro atoms. The van der Waals surface area contributed by atoms with Gasteiger partial charge in [-0.25, -0.2) is 9.36 Å². The summed E-state index contributed by atoms with van der Waals surface area (Å²) in [6.45, 7) is 2.74. The first kappa shape index (κ1) is 47.3. The highest BCUT2D eigenvalue weighted by Crippen LogP contribution is 2.44. The number of ether oxygens (including phenoxy) is 2. The summed E-state index contributed by atoms with van der Waals surface area (Å²) in [6.07, 6.45) is 18.8. The number of amides is 1. The highest BCUT2D eigenvalue weighted by atomic mass is 31.2. The standard InChI is InChI=1S/C46H71N2O7P/c1-5-6-7-8-9-10-11-12-13-14-15-16-17-18-19-29-36-47-45(49)55-44(40-54-56(50,51)53-38-37-48(2,3)4)39-52-46(41-30-23-20-24-31-41,42-32-25-21-26-33-42)43-34-27-22-28-35-43/h20-28,30-35,44H,5-19,29,36-40H2,1-4H3,(H-,47,49,50,51)/p+1/t44-/m1/s1. The minimum atomic E-state index is -4.45. The second kappa shape index (κ2) is 26.8. The zero-order valence-electron chi connectivity index (χ0n) is 34.9. The molecule has 0 aliphatic rings. The molecular formula is C46H72N2O7P+. The molecule has 0 radical (unpaired) electrons. The van der Waals surface area contributed by atoms with Crippen LogP contribution in [0.1, 0.15) is 126 Å². The van der Waals surface area contributed by atoms with Gasteiger partial charge in [0, 0.05) is 6.54 Å². The number of quaternary nitrogens is 1. The number of benzene rings is 3. The Morgan fingerprint density at radius 2 is 1.05 bits per heavy atom. The van der Waals surface area contributed by atoms with Crippen LogP contribution in [-0.2, 0) is 28.7 Å². The minimum absolute atomic E-state index is 0.0260. The van der Waals surface area contributed by atoms with Crippen LogP contribution in [0.5, 0.6) is 0 Å². The maximum atomic E-state index is 13.1. The third-order valence-corrected chi connectivity index (χ3v) is 11.0. The van der Waals surface area contributed by atoms with Crippen molar-refractivity contribution in [2.24, 2.45) is 0 Å². The zero-order valence-corrected chi connectivity index (χ0v) is 35.8. The molecule has 1 amide bonds. The molecule has 0 heterocycles. The Hall–Kier alpha value is -3.04. The third kappa shape index (κ3) is 18.9. The quantitative estimate of drug-likeness (QED) is 0.0289. The molecular weight excluding hydrogens is 723 g/mol. The van der Waals surface area contributed by atoms with Crippen molar-refractivity contribution in [1.29, 1.82) is 0 Å². The fourth-order valence-corrected chi connectivity index (χ4v) is 7.55. The number of phosphoric acid groups is 1. The van der Waals surface area contributed by atoms with E-state index in [9.17, 15) is 14.3 Å². The van der Waals surface area contributed by atoms with Gasteiger partial charge in [0.2, 0.25) is 0 Å². The number of hydrogen-bond acceptors (Lipinski definition) is 6. The molecule has 0 bridgehead atoms. The summed E-state index contributed by atoms with van der Waals surface area (Å²) < 4.78 is 36.9. The summed E-state index contributed by atoms with van der Waals surface area (Å²) in [5, 5.41) is 2.87. The Morgan fingerprint density at radius 3 is 1.46 bits per heavy atom. The fraction of sp³-hybridized carbons (Fsp3) is 0.587. The molecule has 3 aromatic rings. The van der Waals surface area contributed by atoms with Crippen molar-refractivity contribution in [2.45, 2.75) is 121 Å². The van der Waals surface area contributed by atoms with Gasteiger partial charge in [0.25, 0.3) is 0 Å². The van der Waals surface area contributed by atoms with Gasteiger partial charge in [0.05, 0.1) is 34.4 Å². The van der Waals surface area contributed by atoms with E-state index in [-0.39, 0.29) is 13.2 Å². The van der Waals surface area contributed by atoms with Crippen LogP contribution in [0, 0.1) is 0 Å². The molecule has 0 fully saturated rings. The molecule has 9 nitrogen and oxygen atoms in total. The number of unbranched alkanes of at least 4 members (excludes halogenated alkanes) is 15. The number of rotatable bonds is 31. The first-order chi connectivity index (χ1) is 27.1. The largest absolute Gasteiger partial charge is 0.472 e. The van der Waals surface area contributed by atoms with Crippen LogP contribution in [0.15, 0.2) is 91.0 Å². The average Bonchev–Trinajstić information content (AvgIpc) is 3.19. The van der Waals surface area contributed by atoms with Crippen LogP contribution in [-0.4, -0.2) is 75.6 Å². The van der Waals surface area contributed by atoms with E-state index in [1.807, 2.05) is 112 Å². The summed E-state index contributed by atoms with van der Waals surface area (Å²) in [7, 11) is 1.44. The van der Waals surface area contributed by atoms with E-state index >= 15 is 0 Å². The monoisotopic (exact) mass is 796 g/mol. The van der Waals surface area contributed by atoms with E-state index in [0.717, 1.165) is 36.0 Å². The lowest BCUT2D eigenvalue weighted by Crippen LogP contribution is -2.40. The van der Waals surface area contributed by atoms with Crippen LogP contribution in [0.2, 0.25) is 0 Å². The summed E-state index contributed by atoms with van der Waals surface area (Å²) in [5.41, 5.74) is 1.55. The second-order valence-corrected chi connectivity index (χ2v) is 17.4. The van der Waals surface area contributed by atoms with Gasteiger partial charge in [-0.1, -0.05) is 194 Å². The summed E-state index contributed by atoms with van der Waals surface area (Å²) in [6, 6.07) is 29.6. The molecule has 3 rings (SSSR count). The highest BCUT2D eigenvalue weighted by molar-refractivity contribution is 7.47. The van der Waals surface area contributed by atoms with Gasteiger partial charge in [-0.05, 0) is 23.1 Å². The van der Waals surface area contributed by atoms with Crippen molar-refractivity contribution in [3.63, 3.8) is 0 Å². The first-order valence-electron chi connectivity index (χ1n) is 21.2. The summed E-state index contributed by atoms with van der Waals surface area (Å²) in [4.78, 5) is 23.7. The lowest BCUT2D eigenvalue weighted by molar-refractivity contribution is -0.870. The smallest absolute Gasteiger partial charge is 0.441 e. The topological polar surface area (TPSA) is 103 Å². The van der Waals surface area contributed by atoms with E-state index in [1.165, 1.54) is 83.5 Å². The van der Waals surface area contributed by atoms with Crippen LogP contribution < -0.4 is 5.32 Å². The van der Waals surface area contributed by atoms with Gasteiger partial charge in [-0.2, -0.15) is 0 Å². The molecule has 1 unspecified atom stereocenters. The third-order valence-electron chi connectivity index (χ3n) is 10.0. The molecule has 0 aliphatic heterocycles. The van der Waals surface area contributed by atoms with Crippen molar-refractivity contribution >= 4 is 13.9 Å². The van der Waals surface area contributed by atoms with Crippen molar-refractivity contribution in [2.75, 3.05) is 54.1 Å². The van der Waals surface area contributed by atoms with Gasteiger partial charge >= 0.3 is 13.9 Å². The van der Waals surface area contributed by atoms with E-state index in [0.29, 0.717) is 17.6 Å². The van der Waals surface area contributed by atoms with Crippen molar-refractivity contribution in [3.8, 4) is 0 Å². The van der Waals surface area contributed by atoms with Crippen LogP contribution in [0.4, 0.5) is 4.79 Å². The fourth-order valence-electron chi connectivity index (χ4n) is 6.80. The number of phosphoric ester groups is 1. The number of nitrogens with one attached hydrogen (secondary N) is 1. The van der Waals surface area contributed by atoms with Gasteiger partial charge in [0.15, 0.2) is 6.10 Å². The molecule has 0 aromatic heterocycles. The van der Waals surface area contributed by atoms with E-state index in [2.05, 4.69) is 12.2 Å². The van der Waals surface area contributed by atoms with Crippen molar-refractivity contribution in [3.05, 3.63) is 108 Å². The number of alkyl carbamates (subject to hydrolysis) is 1. The predicted molar refractivity (Wildman–Crippen MR) is 228 cm³/mol. The molecule has 0 saturated carbocycles. The Kier molecular flexibility index (Phi) is 22.7. The van der Waals surface area contributed by atoms with Gasteiger partial charge < -0.3 is 24.2 Å². The minimum Gasteiger partial charge on any atom is -0.441 e. The molecule has 312 valence electrons. The summed E-state index contributed by atoms with van der Waals surface area (Å²) in [5.74, 6) is 0. The van der Waals surface area contributed by atoms with Crippen LogP contribution >= 0.6 is 7.82 Å². The van der Waals surface area contributed by atoms with Gasteiger partial charge in [-0.3, -0.25) is 9.05 Å². The van der Waals surface area contributed by atoms with Crippen LogP contribution in [0.3, 0.4) is 0 Å². The Morgan fingerprint density at radius 1 is 0.643 bits per heavy atom. The summed E-state index contributed by atoms with van der Waals surface area (Å²) >= 11 is 0. The Balaban J connectivity index is 1.55. The number of carbonyl (C=O) groups is 1. The number of likely N-dealkylation sites (N-methyl/N-ethyl adjacent to an activating group) is 1. The highest BCUT2D eigenvalue weighted by Gasteiger charge is 2.39. The molecule has 2 atom stereocenters. The van der Waals surface area contributed by atoms with Crippen LogP contribution in [0.25, 0.3) is 0 Å². The number of carbonyl (C=O) groups excluding carboxylic acids is 1. The van der Waals surface area contributed by atoms with Crippen molar-refractivity contribution < 1.29 is 37.3 Å². The maximum absolute atomic E-state index is 13.1. The van der Waals surface area contributed by atoms with Gasteiger partial charge in [-0.15, -0.1) is 0 Å². The SMILES string of the molecule is CCCCCCCCCCCCCCCCCCNC(=O)O[C@H](COC(c1ccccc1)(c1ccccc1)c1ccccc1)COP(=O)(O)OCC[N+](C)(C)C. The number of nitrogens with zero attached hydrogens (tertiary/aromatic N) is 1. The number of hydrogen-bond donors (Lipinski definition) is 2. The molecule has 3 aromatic carbocycles. The first-order valence-corrected chi connectivity index (χ1v) is 22.7. The van der Waals surface area contributed by atoms with Gasteiger partial charge in [0.1, 0.15) is 18.8 Å². The van der Waals surface area contributed by atoms with E-state index in [4.69, 9.17) is 18.5 Å². The Bertz CT molecular complexity index is 1390. The normalized spacial score (nSPS) is 13.6. The maximum Gasteiger partial charge on any atom is 0.472 e. The molecule has 10 heteroatoms. The predicted octanol–water partition coefficient (Wildman–Crippen LogP) is 11.2. The molecule has 56 heavy (non-hydrogen) atoms. The zero-order chi connectivity index (χ0) is 40.4. The molecule has 0 saturated heterocycles. The second-order valence-electron chi connectivity index (χ2n) is 16.0. The average molecular weight is 796 g/mol. The Labute approximate surface area is 338 Å². The lowest BCUT2D eigenvalue weighted by atomic mass is 9.80. The molecule has 0 aliphatic carbocycles. The van der Waals surface area contributed by atoms with Crippen molar-refractivity contribution in [1.82, 2.24) is 5.32 Å². The van der Waals surface area contributed by atoms with E-state index in [1.54, 1.807) is 0 Å².